The molecule has 1 N–H and O–H groups in total. The van der Waals surface area contributed by atoms with Crippen molar-refractivity contribution in [2.45, 2.75) is 86.4 Å². The number of thioether (sulfide) groups is 1. The first kappa shape index (κ1) is 18.9. The maximum atomic E-state index is 13.0. The lowest BCUT2D eigenvalue weighted by atomic mass is 9.53. The lowest BCUT2D eigenvalue weighted by Crippen LogP contribution is -2.60. The molecule has 6 nitrogen and oxygen atoms in total. The van der Waals surface area contributed by atoms with Crippen molar-refractivity contribution < 1.29 is 9.59 Å². The van der Waals surface area contributed by atoms with Gasteiger partial charge in [-0.15, -0.1) is 10.2 Å². The van der Waals surface area contributed by atoms with Gasteiger partial charge in [-0.2, -0.15) is 0 Å². The summed E-state index contributed by atoms with van der Waals surface area (Å²) >= 11 is 2.88. The van der Waals surface area contributed by atoms with E-state index in [0.29, 0.717) is 5.13 Å². The summed E-state index contributed by atoms with van der Waals surface area (Å²) < 4.78 is 0.759. The highest BCUT2D eigenvalue weighted by atomic mass is 32.2. The first-order valence-electron chi connectivity index (χ1n) is 10.5. The second-order valence-electron chi connectivity index (χ2n) is 9.42. The van der Waals surface area contributed by atoms with Gasteiger partial charge in [0.25, 0.3) is 0 Å². The number of amides is 2. The summed E-state index contributed by atoms with van der Waals surface area (Å²) in [5, 5.41) is 12.4. The lowest BCUT2D eigenvalue weighted by molar-refractivity contribution is -0.126. The second-order valence-corrected chi connectivity index (χ2v) is 12.0. The summed E-state index contributed by atoms with van der Waals surface area (Å²) in [5.74, 6) is 2.60. The van der Waals surface area contributed by atoms with E-state index in [1.807, 2.05) is 6.92 Å². The van der Waals surface area contributed by atoms with Gasteiger partial charge in [0, 0.05) is 18.5 Å². The largest absolute Gasteiger partial charge is 0.350 e. The van der Waals surface area contributed by atoms with Gasteiger partial charge >= 0.3 is 0 Å². The van der Waals surface area contributed by atoms with E-state index < -0.39 is 0 Å². The predicted molar refractivity (Wildman–Crippen MR) is 110 cm³/mol. The number of anilines is 1. The van der Waals surface area contributed by atoms with Crippen molar-refractivity contribution >= 4 is 40.0 Å². The van der Waals surface area contributed by atoms with E-state index in [-0.39, 0.29) is 28.6 Å². The van der Waals surface area contributed by atoms with Gasteiger partial charge in [0.2, 0.25) is 16.9 Å². The van der Waals surface area contributed by atoms with E-state index >= 15 is 0 Å². The first-order valence-corrected chi connectivity index (χ1v) is 12.2. The molecule has 0 aromatic carbocycles. The molecule has 1 aromatic rings. The van der Waals surface area contributed by atoms with Crippen LogP contribution in [0.3, 0.4) is 0 Å². The predicted octanol–water partition coefficient (Wildman–Crippen LogP) is 3.62. The minimum absolute atomic E-state index is 0.0165. The third kappa shape index (κ3) is 3.58. The SMILES string of the molecule is CC(=O)N(c1nnc(SC(C)C(=O)NC23CC4CC(CC(C4)C2)C3)s1)C1CC1. The molecule has 1 aromatic heterocycles. The van der Waals surface area contributed by atoms with E-state index in [0.717, 1.165) is 34.9 Å². The molecule has 5 aliphatic carbocycles. The van der Waals surface area contributed by atoms with Crippen LogP contribution < -0.4 is 10.2 Å². The fourth-order valence-corrected chi connectivity index (χ4v) is 8.16. The van der Waals surface area contributed by atoms with Crippen molar-refractivity contribution in [3.63, 3.8) is 0 Å². The number of nitrogens with one attached hydrogen (secondary N) is 1. The van der Waals surface area contributed by atoms with Gasteiger partial charge in [-0.25, -0.2) is 0 Å². The van der Waals surface area contributed by atoms with Gasteiger partial charge in [0.1, 0.15) is 0 Å². The van der Waals surface area contributed by atoms with Crippen molar-refractivity contribution in [3.05, 3.63) is 0 Å². The first-order chi connectivity index (χ1) is 13.4. The molecule has 0 radical (unpaired) electrons. The molecule has 1 atom stereocenters. The molecular formula is C20H28N4O2S2. The lowest BCUT2D eigenvalue weighted by Gasteiger charge is -2.57. The summed E-state index contributed by atoms with van der Waals surface area (Å²) in [7, 11) is 0. The molecule has 5 aliphatic rings. The Morgan fingerprint density at radius 2 is 1.75 bits per heavy atom. The van der Waals surface area contributed by atoms with E-state index in [4.69, 9.17) is 0 Å². The fraction of sp³-hybridized carbons (Fsp3) is 0.800. The van der Waals surface area contributed by atoms with Gasteiger partial charge in [0.05, 0.1) is 5.25 Å². The number of hydrogen-bond acceptors (Lipinski definition) is 6. The maximum Gasteiger partial charge on any atom is 0.233 e. The number of rotatable bonds is 6. The van der Waals surface area contributed by atoms with Gasteiger partial charge in [-0.1, -0.05) is 23.1 Å². The van der Waals surface area contributed by atoms with Crippen LogP contribution in [-0.4, -0.2) is 38.8 Å². The minimum atomic E-state index is -0.208. The van der Waals surface area contributed by atoms with Crippen LogP contribution in [0.5, 0.6) is 0 Å². The molecule has 0 spiro atoms. The maximum absolute atomic E-state index is 13.0. The molecule has 5 fully saturated rings. The quantitative estimate of drug-likeness (QED) is 0.562. The standard InChI is InChI=1S/C20H28N4O2S2/c1-11(27-19-23-22-18(28-19)24(12(2)25)16-3-4-16)17(26)21-20-8-13-5-14(9-20)7-15(6-13)10-20/h11,13-16H,3-10H2,1-2H3,(H,21,26). The van der Waals surface area contributed by atoms with Crippen molar-refractivity contribution in [2.24, 2.45) is 17.8 Å². The summed E-state index contributed by atoms with van der Waals surface area (Å²) in [6.07, 6.45) is 9.69. The Balaban J connectivity index is 1.22. The monoisotopic (exact) mass is 420 g/mol. The molecule has 5 saturated carbocycles. The van der Waals surface area contributed by atoms with Crippen LogP contribution in [0.2, 0.25) is 0 Å². The molecule has 4 bridgehead atoms. The van der Waals surface area contributed by atoms with Crippen molar-refractivity contribution in [2.75, 3.05) is 4.90 Å². The highest BCUT2D eigenvalue weighted by molar-refractivity contribution is 8.02. The van der Waals surface area contributed by atoms with Crippen LogP contribution in [0.4, 0.5) is 5.13 Å². The molecule has 28 heavy (non-hydrogen) atoms. The number of aromatic nitrogens is 2. The molecular weight excluding hydrogens is 392 g/mol. The van der Waals surface area contributed by atoms with Gasteiger partial charge in [0.15, 0.2) is 4.34 Å². The Kier molecular flexibility index (Phi) is 4.69. The Labute approximate surface area is 174 Å². The summed E-state index contributed by atoms with van der Waals surface area (Å²) in [5.41, 5.74) is 0.0460. The second kappa shape index (κ2) is 6.97. The van der Waals surface area contributed by atoms with Crippen molar-refractivity contribution in [3.8, 4) is 0 Å². The topological polar surface area (TPSA) is 75.2 Å². The highest BCUT2D eigenvalue weighted by Gasteiger charge is 2.51. The molecule has 8 heteroatoms. The van der Waals surface area contributed by atoms with E-state index in [1.165, 1.54) is 61.6 Å². The molecule has 6 rings (SSSR count). The van der Waals surface area contributed by atoms with Gasteiger partial charge in [-0.05, 0) is 76.0 Å². The fourth-order valence-electron chi connectivity index (χ4n) is 6.06. The van der Waals surface area contributed by atoms with Crippen LogP contribution >= 0.6 is 23.1 Å². The molecule has 1 unspecified atom stereocenters. The number of hydrogen-bond donors (Lipinski definition) is 1. The average Bonchev–Trinajstić information content (AvgIpc) is 3.32. The zero-order valence-electron chi connectivity index (χ0n) is 16.5. The zero-order chi connectivity index (χ0) is 19.5. The van der Waals surface area contributed by atoms with E-state index in [2.05, 4.69) is 15.5 Å². The Morgan fingerprint density at radius 1 is 1.14 bits per heavy atom. The Morgan fingerprint density at radius 3 is 2.29 bits per heavy atom. The summed E-state index contributed by atoms with van der Waals surface area (Å²) in [6, 6.07) is 0.278. The van der Waals surface area contributed by atoms with Crippen LogP contribution in [0.25, 0.3) is 0 Å². The Bertz CT molecular complexity index is 756. The van der Waals surface area contributed by atoms with Crippen molar-refractivity contribution in [1.29, 1.82) is 0 Å². The zero-order valence-corrected chi connectivity index (χ0v) is 18.2. The normalized spacial score (nSPS) is 34.3. The third-order valence-corrected chi connectivity index (χ3v) is 9.03. The summed E-state index contributed by atoms with van der Waals surface area (Å²) in [4.78, 5) is 26.6. The van der Waals surface area contributed by atoms with Crippen LogP contribution in [0.15, 0.2) is 4.34 Å². The van der Waals surface area contributed by atoms with Crippen LogP contribution in [-0.2, 0) is 9.59 Å². The van der Waals surface area contributed by atoms with E-state index in [1.54, 1.807) is 11.8 Å². The van der Waals surface area contributed by atoms with Crippen LogP contribution in [0.1, 0.15) is 65.2 Å². The smallest absolute Gasteiger partial charge is 0.233 e. The number of nitrogens with zero attached hydrogens (tertiary/aromatic N) is 3. The summed E-state index contributed by atoms with van der Waals surface area (Å²) in [6.45, 7) is 3.53. The Hall–Kier alpha value is -1.15. The molecule has 2 amide bonds. The number of carbonyl (C=O) groups is 2. The van der Waals surface area contributed by atoms with E-state index in [9.17, 15) is 9.59 Å². The molecule has 1 heterocycles. The van der Waals surface area contributed by atoms with Gasteiger partial charge in [-0.3, -0.25) is 14.5 Å². The average molecular weight is 421 g/mol. The molecule has 0 saturated heterocycles. The minimum Gasteiger partial charge on any atom is -0.350 e. The molecule has 0 aliphatic heterocycles. The highest BCUT2D eigenvalue weighted by Crippen LogP contribution is 2.55. The van der Waals surface area contributed by atoms with Crippen LogP contribution in [0, 0.1) is 17.8 Å². The van der Waals surface area contributed by atoms with Gasteiger partial charge < -0.3 is 5.32 Å². The van der Waals surface area contributed by atoms with Crippen molar-refractivity contribution in [1.82, 2.24) is 15.5 Å². The number of carbonyl (C=O) groups excluding carboxylic acids is 2. The molecule has 152 valence electrons. The third-order valence-electron chi connectivity index (χ3n) is 6.93.